The predicted molar refractivity (Wildman–Crippen MR) is 203 cm³/mol. The van der Waals surface area contributed by atoms with Crippen molar-refractivity contribution in [3.63, 3.8) is 0 Å². The molecule has 5 aromatic rings. The van der Waals surface area contributed by atoms with Crippen LogP contribution in [0.25, 0.3) is 0 Å². The van der Waals surface area contributed by atoms with Gasteiger partial charge in [0.15, 0.2) is 0 Å². The number of sulfonamides is 1. The van der Waals surface area contributed by atoms with E-state index >= 15 is 0 Å². The molecule has 1 N–H and O–H groups in total. The van der Waals surface area contributed by atoms with Crippen LogP contribution in [0.3, 0.4) is 0 Å². The standard InChI is InChI=1S/C40H39Cl2N3O5S/c1-3-24-43-40(47)38(25-30-10-6-4-7-11-30)44(27-31-16-17-32(41)26-37(31)42)39(46)28-45(51(48,49)36-22-14-29(2)15-23-36)33-18-20-35(21-19-33)50-34-12-8-5-9-13-34/h4-23,26,38H,3,24-25,27-28H2,1-2H3,(H,43,47)/t38-/m0/s1. The van der Waals surface area contributed by atoms with E-state index in [9.17, 15) is 18.0 Å². The molecule has 0 spiro atoms. The van der Waals surface area contributed by atoms with Gasteiger partial charge in [0.2, 0.25) is 11.8 Å². The quantitative estimate of drug-likeness (QED) is 0.116. The van der Waals surface area contributed by atoms with E-state index in [2.05, 4.69) is 5.32 Å². The smallest absolute Gasteiger partial charge is 0.264 e. The molecule has 51 heavy (non-hydrogen) atoms. The number of carbonyl (C=O) groups excluding carboxylic acids is 2. The highest BCUT2D eigenvalue weighted by atomic mass is 35.5. The lowest BCUT2D eigenvalue weighted by Crippen LogP contribution is -2.53. The largest absolute Gasteiger partial charge is 0.457 e. The Balaban J connectivity index is 1.57. The van der Waals surface area contributed by atoms with Crippen LogP contribution in [0, 0.1) is 6.92 Å². The summed E-state index contributed by atoms with van der Waals surface area (Å²) in [6.45, 7) is 3.52. The van der Waals surface area contributed by atoms with E-state index in [0.29, 0.717) is 40.1 Å². The van der Waals surface area contributed by atoms with Crippen molar-refractivity contribution in [3.05, 3.63) is 154 Å². The van der Waals surface area contributed by atoms with E-state index in [1.165, 1.54) is 17.0 Å². The molecule has 0 aliphatic rings. The van der Waals surface area contributed by atoms with Gasteiger partial charge in [-0.15, -0.1) is 0 Å². The first-order valence-corrected chi connectivity index (χ1v) is 18.7. The average molecular weight is 745 g/mol. The summed E-state index contributed by atoms with van der Waals surface area (Å²) in [5.41, 5.74) is 2.49. The van der Waals surface area contributed by atoms with Crippen molar-refractivity contribution in [1.82, 2.24) is 10.2 Å². The Labute approximate surface area is 309 Å². The Morgan fingerprint density at radius 2 is 1.43 bits per heavy atom. The number of nitrogens with one attached hydrogen (secondary N) is 1. The number of para-hydroxylation sites is 1. The highest BCUT2D eigenvalue weighted by molar-refractivity contribution is 7.92. The van der Waals surface area contributed by atoms with E-state index in [4.69, 9.17) is 27.9 Å². The molecule has 264 valence electrons. The van der Waals surface area contributed by atoms with Gasteiger partial charge in [-0.05, 0) is 85.1 Å². The van der Waals surface area contributed by atoms with Crippen LogP contribution in [0.15, 0.2) is 132 Å². The summed E-state index contributed by atoms with van der Waals surface area (Å²) < 4.78 is 35.7. The molecule has 0 radical (unpaired) electrons. The Morgan fingerprint density at radius 3 is 2.06 bits per heavy atom. The van der Waals surface area contributed by atoms with Gasteiger partial charge < -0.3 is 15.0 Å². The number of hydrogen-bond donors (Lipinski definition) is 1. The van der Waals surface area contributed by atoms with Crippen molar-refractivity contribution < 1.29 is 22.7 Å². The van der Waals surface area contributed by atoms with Gasteiger partial charge in [0.05, 0.1) is 10.6 Å². The number of amides is 2. The van der Waals surface area contributed by atoms with Crippen molar-refractivity contribution in [2.75, 3.05) is 17.4 Å². The van der Waals surface area contributed by atoms with Gasteiger partial charge in [-0.25, -0.2) is 8.42 Å². The third kappa shape index (κ3) is 9.91. The van der Waals surface area contributed by atoms with E-state index in [1.54, 1.807) is 54.6 Å². The first kappa shape index (κ1) is 37.4. The van der Waals surface area contributed by atoms with Crippen molar-refractivity contribution in [1.29, 1.82) is 0 Å². The molecule has 1 atom stereocenters. The molecule has 5 aromatic carbocycles. The van der Waals surface area contributed by atoms with Crippen LogP contribution in [-0.2, 0) is 32.6 Å². The monoisotopic (exact) mass is 743 g/mol. The number of aryl methyl sites for hydroxylation is 1. The van der Waals surface area contributed by atoms with E-state index in [-0.39, 0.29) is 29.5 Å². The molecule has 8 nitrogen and oxygen atoms in total. The maximum Gasteiger partial charge on any atom is 0.264 e. The Hall–Kier alpha value is -4.83. The molecule has 0 aromatic heterocycles. The van der Waals surface area contributed by atoms with Gasteiger partial charge in [0, 0.05) is 29.6 Å². The summed E-state index contributed by atoms with van der Waals surface area (Å²) in [4.78, 5) is 30.0. The molecular formula is C40H39Cl2N3O5S. The molecule has 0 unspecified atom stereocenters. The molecule has 0 aliphatic carbocycles. The van der Waals surface area contributed by atoms with Gasteiger partial charge in [-0.2, -0.15) is 0 Å². The van der Waals surface area contributed by atoms with Crippen LogP contribution < -0.4 is 14.4 Å². The molecule has 0 fully saturated rings. The Kier molecular flexibility index (Phi) is 12.8. The maximum absolute atomic E-state index is 14.7. The highest BCUT2D eigenvalue weighted by Crippen LogP contribution is 2.30. The Morgan fingerprint density at radius 1 is 0.804 bits per heavy atom. The topological polar surface area (TPSA) is 96.0 Å². The zero-order chi connectivity index (χ0) is 36.4. The fraction of sp³-hybridized carbons (Fsp3) is 0.200. The molecule has 0 bridgehead atoms. The number of anilines is 1. The van der Waals surface area contributed by atoms with Crippen molar-refractivity contribution >= 4 is 50.7 Å². The minimum atomic E-state index is -4.28. The maximum atomic E-state index is 14.7. The van der Waals surface area contributed by atoms with Crippen LogP contribution in [0.5, 0.6) is 11.5 Å². The average Bonchev–Trinajstić information content (AvgIpc) is 3.13. The number of ether oxygens (including phenoxy) is 1. The fourth-order valence-corrected chi connectivity index (χ4v) is 7.31. The van der Waals surface area contributed by atoms with Gasteiger partial charge in [-0.3, -0.25) is 13.9 Å². The molecule has 0 saturated heterocycles. The minimum absolute atomic E-state index is 0.0133. The second-order valence-corrected chi connectivity index (χ2v) is 14.7. The second-order valence-electron chi connectivity index (χ2n) is 12.0. The minimum Gasteiger partial charge on any atom is -0.457 e. The number of nitrogens with zero attached hydrogens (tertiary/aromatic N) is 2. The van der Waals surface area contributed by atoms with Gasteiger partial charge >= 0.3 is 0 Å². The predicted octanol–water partition coefficient (Wildman–Crippen LogP) is 8.46. The third-order valence-corrected chi connectivity index (χ3v) is 10.5. The molecule has 2 amide bonds. The number of rotatable bonds is 15. The zero-order valence-corrected chi connectivity index (χ0v) is 30.7. The number of hydrogen-bond acceptors (Lipinski definition) is 5. The number of carbonyl (C=O) groups is 2. The summed E-state index contributed by atoms with van der Waals surface area (Å²) >= 11 is 12.8. The van der Waals surface area contributed by atoms with Crippen LogP contribution in [0.4, 0.5) is 5.69 Å². The van der Waals surface area contributed by atoms with Gasteiger partial charge in [0.25, 0.3) is 10.0 Å². The Bertz CT molecular complexity index is 2030. The number of benzene rings is 5. The molecule has 11 heteroatoms. The van der Waals surface area contributed by atoms with E-state index in [0.717, 1.165) is 15.4 Å². The van der Waals surface area contributed by atoms with Gasteiger partial charge in [0.1, 0.15) is 24.1 Å². The molecule has 0 saturated carbocycles. The lowest BCUT2D eigenvalue weighted by Gasteiger charge is -2.34. The van der Waals surface area contributed by atoms with Crippen LogP contribution in [-0.4, -0.2) is 44.3 Å². The summed E-state index contributed by atoms with van der Waals surface area (Å²) in [5, 5.41) is 3.66. The van der Waals surface area contributed by atoms with Gasteiger partial charge in [-0.1, -0.05) is 102 Å². The van der Waals surface area contributed by atoms with Crippen LogP contribution >= 0.6 is 23.2 Å². The molecule has 5 rings (SSSR count). The zero-order valence-electron chi connectivity index (χ0n) is 28.3. The summed E-state index contributed by atoms with van der Waals surface area (Å²) in [6, 6.07) is 35.4. The second kappa shape index (κ2) is 17.4. The molecular weight excluding hydrogens is 705 g/mol. The SMILES string of the molecule is CCCNC(=O)[C@H](Cc1ccccc1)N(Cc1ccc(Cl)cc1Cl)C(=O)CN(c1ccc(Oc2ccccc2)cc1)S(=O)(=O)c1ccc(C)cc1. The van der Waals surface area contributed by atoms with Crippen molar-refractivity contribution in [2.24, 2.45) is 0 Å². The summed E-state index contributed by atoms with van der Waals surface area (Å²) in [5.74, 6) is 0.133. The fourth-order valence-electron chi connectivity index (χ4n) is 5.42. The van der Waals surface area contributed by atoms with Crippen molar-refractivity contribution in [3.8, 4) is 11.5 Å². The number of halogens is 2. The normalized spacial score (nSPS) is 11.8. The van der Waals surface area contributed by atoms with Crippen molar-refractivity contribution in [2.45, 2.75) is 44.2 Å². The summed E-state index contributed by atoms with van der Waals surface area (Å²) in [6.07, 6.45) is 0.872. The lowest BCUT2D eigenvalue weighted by atomic mass is 10.0. The van der Waals surface area contributed by atoms with E-state index < -0.39 is 28.5 Å². The van der Waals surface area contributed by atoms with Crippen LogP contribution in [0.2, 0.25) is 10.0 Å². The van der Waals surface area contributed by atoms with E-state index in [1.807, 2.05) is 74.5 Å². The third-order valence-electron chi connectivity index (χ3n) is 8.17. The highest BCUT2D eigenvalue weighted by Gasteiger charge is 2.35. The molecule has 0 heterocycles. The summed E-state index contributed by atoms with van der Waals surface area (Å²) in [7, 11) is -4.28. The lowest BCUT2D eigenvalue weighted by molar-refractivity contribution is -0.140. The first-order valence-electron chi connectivity index (χ1n) is 16.5. The van der Waals surface area contributed by atoms with Crippen LogP contribution in [0.1, 0.15) is 30.0 Å². The first-order chi connectivity index (χ1) is 24.5. The molecule has 0 aliphatic heterocycles.